The Labute approximate surface area is 179 Å². The van der Waals surface area contributed by atoms with Crippen molar-refractivity contribution >= 4 is 35.0 Å². The third-order valence-corrected chi connectivity index (χ3v) is 6.30. The third kappa shape index (κ3) is 4.11. The Balaban J connectivity index is 1.67. The van der Waals surface area contributed by atoms with E-state index in [9.17, 15) is 4.79 Å². The van der Waals surface area contributed by atoms with E-state index in [1.807, 2.05) is 54.1 Å². The first kappa shape index (κ1) is 19.8. The largest absolute Gasteiger partial charge is 0.325 e. The van der Waals surface area contributed by atoms with Gasteiger partial charge in [-0.25, -0.2) is 4.68 Å². The van der Waals surface area contributed by atoms with Gasteiger partial charge in [-0.05, 0) is 36.6 Å². The number of carbonyl (C=O) groups is 1. The number of aromatic nitrogens is 3. The Bertz CT molecular complexity index is 1020. The topological polar surface area (TPSA) is 71.8 Å². The summed E-state index contributed by atoms with van der Waals surface area (Å²) in [6.07, 6.45) is 1.79. The number of hydrogen-bond donors (Lipinski definition) is 2. The second-order valence-corrected chi connectivity index (χ2v) is 8.53. The van der Waals surface area contributed by atoms with E-state index in [2.05, 4.69) is 27.9 Å². The zero-order valence-corrected chi connectivity index (χ0v) is 17.8. The van der Waals surface area contributed by atoms with Crippen LogP contribution < -0.4 is 10.7 Å². The molecule has 3 aromatic rings. The maximum atomic E-state index is 13.3. The van der Waals surface area contributed by atoms with E-state index >= 15 is 0 Å². The molecule has 0 saturated carbocycles. The van der Waals surface area contributed by atoms with Gasteiger partial charge in [0.15, 0.2) is 5.82 Å². The molecule has 4 rings (SSSR count). The molecule has 2 aromatic carbocycles. The molecule has 1 amide bonds. The highest BCUT2D eigenvalue weighted by molar-refractivity contribution is 8.00. The van der Waals surface area contributed by atoms with Crippen LogP contribution in [0.5, 0.6) is 0 Å². The van der Waals surface area contributed by atoms with Gasteiger partial charge in [-0.3, -0.25) is 4.79 Å². The van der Waals surface area contributed by atoms with Crippen LogP contribution >= 0.6 is 23.4 Å². The predicted octanol–water partition coefficient (Wildman–Crippen LogP) is 4.59. The van der Waals surface area contributed by atoms with Gasteiger partial charge in [0.2, 0.25) is 11.1 Å². The number of nitrogens with one attached hydrogen (secondary N) is 2. The second kappa shape index (κ2) is 8.47. The number of hydrogen-bond acceptors (Lipinski definition) is 5. The van der Waals surface area contributed by atoms with Gasteiger partial charge in [-0.2, -0.15) is 0 Å². The Kier molecular flexibility index (Phi) is 5.78. The molecule has 2 atom stereocenters. The van der Waals surface area contributed by atoms with Crippen molar-refractivity contribution in [2.75, 3.05) is 10.7 Å². The van der Waals surface area contributed by atoms with Crippen LogP contribution in [0.4, 0.5) is 5.69 Å². The number of fused-ring (bicyclic) bond motifs is 1. The maximum absolute atomic E-state index is 13.3. The number of nitrogens with zero attached hydrogens (tertiary/aromatic N) is 3. The van der Waals surface area contributed by atoms with Crippen LogP contribution in [-0.2, 0) is 11.2 Å². The van der Waals surface area contributed by atoms with Crippen molar-refractivity contribution in [1.82, 2.24) is 14.9 Å². The van der Waals surface area contributed by atoms with Gasteiger partial charge >= 0.3 is 0 Å². The van der Waals surface area contributed by atoms with Gasteiger partial charge in [-0.1, -0.05) is 66.7 Å². The van der Waals surface area contributed by atoms with Gasteiger partial charge < -0.3 is 10.7 Å². The van der Waals surface area contributed by atoms with Crippen LogP contribution in [0, 0.1) is 6.92 Å². The summed E-state index contributed by atoms with van der Waals surface area (Å²) in [5, 5.41) is 12.5. The predicted molar refractivity (Wildman–Crippen MR) is 117 cm³/mol. The smallest absolute Gasteiger partial charge is 0.240 e. The van der Waals surface area contributed by atoms with Crippen molar-refractivity contribution in [3.8, 4) is 0 Å². The number of halogens is 1. The fourth-order valence-electron chi connectivity index (χ4n) is 3.33. The fourth-order valence-corrected chi connectivity index (χ4v) is 4.60. The molecule has 2 heterocycles. The molecule has 0 spiro atoms. The summed E-state index contributed by atoms with van der Waals surface area (Å²) < 4.78 is 1.92. The summed E-state index contributed by atoms with van der Waals surface area (Å²) in [7, 11) is 0. The molecule has 1 aliphatic rings. The summed E-state index contributed by atoms with van der Waals surface area (Å²) in [5.74, 6) is 0.772. The van der Waals surface area contributed by atoms with Crippen LogP contribution in [0.15, 0.2) is 53.7 Å². The molecule has 0 bridgehead atoms. The summed E-state index contributed by atoms with van der Waals surface area (Å²) in [5.41, 5.74) is 6.18. The van der Waals surface area contributed by atoms with Crippen molar-refractivity contribution < 1.29 is 4.79 Å². The Morgan fingerprint density at radius 1 is 1.24 bits per heavy atom. The molecule has 0 saturated heterocycles. The molecule has 29 heavy (non-hydrogen) atoms. The normalized spacial score (nSPS) is 18.0. The molecule has 0 fully saturated rings. The number of benzene rings is 2. The average Bonchev–Trinajstić information content (AvgIpc) is 3.12. The van der Waals surface area contributed by atoms with Crippen molar-refractivity contribution in [2.24, 2.45) is 0 Å². The molecule has 150 valence electrons. The highest BCUT2D eigenvalue weighted by Crippen LogP contribution is 2.38. The van der Waals surface area contributed by atoms with Crippen molar-refractivity contribution in [2.45, 2.75) is 43.1 Å². The molecule has 1 aromatic heterocycles. The summed E-state index contributed by atoms with van der Waals surface area (Å²) >= 11 is 7.55. The lowest BCUT2D eigenvalue weighted by molar-refractivity contribution is -0.116. The minimum Gasteiger partial charge on any atom is -0.325 e. The highest BCUT2D eigenvalue weighted by Gasteiger charge is 2.37. The lowest BCUT2D eigenvalue weighted by atomic mass is 10.0. The molecule has 0 aliphatic carbocycles. The van der Waals surface area contributed by atoms with Crippen LogP contribution in [-0.4, -0.2) is 26.0 Å². The minimum atomic E-state index is -0.415. The lowest BCUT2D eigenvalue weighted by Crippen LogP contribution is -2.41. The minimum absolute atomic E-state index is 0.104. The number of amides is 1. The molecular formula is C21H22ClN5OS. The Morgan fingerprint density at radius 3 is 2.79 bits per heavy atom. The van der Waals surface area contributed by atoms with Gasteiger partial charge in [0, 0.05) is 17.1 Å². The number of aryl methyl sites for hydroxylation is 2. The van der Waals surface area contributed by atoms with Gasteiger partial charge in [0.25, 0.3) is 0 Å². The number of carbonyl (C=O) groups excluding carboxylic acids is 1. The summed E-state index contributed by atoms with van der Waals surface area (Å²) in [6, 6.07) is 15.2. The van der Waals surface area contributed by atoms with E-state index < -0.39 is 5.25 Å². The Hall–Kier alpha value is -2.51. The number of thioether (sulfide) groups is 1. The zero-order chi connectivity index (χ0) is 20.4. The summed E-state index contributed by atoms with van der Waals surface area (Å²) in [6.45, 7) is 4.05. The van der Waals surface area contributed by atoms with Crippen LogP contribution in [0.25, 0.3) is 0 Å². The average molecular weight is 428 g/mol. The highest BCUT2D eigenvalue weighted by atomic mass is 35.5. The number of rotatable bonds is 5. The molecule has 0 unspecified atom stereocenters. The third-order valence-electron chi connectivity index (χ3n) is 4.85. The van der Waals surface area contributed by atoms with E-state index in [4.69, 9.17) is 11.6 Å². The van der Waals surface area contributed by atoms with Crippen LogP contribution in [0.1, 0.15) is 36.3 Å². The van der Waals surface area contributed by atoms with Gasteiger partial charge in [0.05, 0.1) is 6.04 Å². The van der Waals surface area contributed by atoms with E-state index in [-0.39, 0.29) is 11.9 Å². The second-order valence-electron chi connectivity index (χ2n) is 6.99. The monoisotopic (exact) mass is 427 g/mol. The molecule has 0 radical (unpaired) electrons. The zero-order valence-electron chi connectivity index (χ0n) is 16.2. The quantitative estimate of drug-likeness (QED) is 0.623. The molecule has 6 nitrogen and oxygen atoms in total. The van der Waals surface area contributed by atoms with Crippen LogP contribution in [0.2, 0.25) is 5.02 Å². The maximum Gasteiger partial charge on any atom is 0.240 e. The van der Waals surface area contributed by atoms with Crippen molar-refractivity contribution in [3.63, 3.8) is 0 Å². The van der Waals surface area contributed by atoms with Crippen LogP contribution in [0.3, 0.4) is 0 Å². The standard InChI is InChI=1S/C21H22ClN5OS/c1-3-7-17-24-25-21-27(17)26-18(14-8-5-4-6-9-14)19(29-21)20(28)23-16-12-15(22)11-10-13(16)2/h4-6,8-12,18-19,26H,3,7H2,1-2H3,(H,23,28)/t18-,19-/m0/s1. The summed E-state index contributed by atoms with van der Waals surface area (Å²) in [4.78, 5) is 13.3. The molecule has 1 aliphatic heterocycles. The molecule has 2 N–H and O–H groups in total. The van der Waals surface area contributed by atoms with Gasteiger partial charge in [0.1, 0.15) is 5.25 Å². The first-order chi connectivity index (χ1) is 14.1. The van der Waals surface area contributed by atoms with Crippen molar-refractivity contribution in [3.05, 3.63) is 70.5 Å². The Morgan fingerprint density at radius 2 is 2.03 bits per heavy atom. The van der Waals surface area contributed by atoms with E-state index in [0.717, 1.165) is 29.8 Å². The first-order valence-electron chi connectivity index (χ1n) is 9.56. The van der Waals surface area contributed by atoms with E-state index in [0.29, 0.717) is 15.9 Å². The lowest BCUT2D eigenvalue weighted by Gasteiger charge is -2.33. The van der Waals surface area contributed by atoms with E-state index in [1.54, 1.807) is 6.07 Å². The van der Waals surface area contributed by atoms with Crippen molar-refractivity contribution in [1.29, 1.82) is 0 Å². The van der Waals surface area contributed by atoms with Gasteiger partial charge in [-0.15, -0.1) is 10.2 Å². The molecular weight excluding hydrogens is 406 g/mol. The molecule has 8 heteroatoms. The fraction of sp³-hybridized carbons (Fsp3) is 0.286. The first-order valence-corrected chi connectivity index (χ1v) is 10.8. The number of anilines is 1. The van der Waals surface area contributed by atoms with E-state index in [1.165, 1.54) is 11.8 Å². The SMILES string of the molecule is CCCc1nnc2n1N[C@@H](c1ccccc1)[C@@H](C(=O)Nc1cc(Cl)ccc1C)S2.